The molecule has 2 fully saturated rings. The highest BCUT2D eigenvalue weighted by atomic mass is 31.2. The molecule has 0 aromatic heterocycles. The lowest BCUT2D eigenvalue weighted by atomic mass is 9.95. The molecule has 2 saturated heterocycles. The molecular weight excluding hydrogens is 263 g/mol. The molecule has 18 heavy (non-hydrogen) atoms. The Balaban J connectivity index is 1.95. The molecule has 7 atom stereocenters. The summed E-state index contributed by atoms with van der Waals surface area (Å²) in [5, 5.41) is 38.1. The van der Waals surface area contributed by atoms with Gasteiger partial charge in [-0.15, -0.1) is 0 Å². The smallest absolute Gasteiger partial charge is 0.183 e. The summed E-state index contributed by atoms with van der Waals surface area (Å²) < 4.78 is 10.2. The van der Waals surface area contributed by atoms with Crippen molar-refractivity contribution in [3.05, 3.63) is 0 Å². The van der Waals surface area contributed by atoms with Crippen molar-refractivity contribution in [2.75, 3.05) is 6.61 Å². The first-order chi connectivity index (χ1) is 8.50. The van der Waals surface area contributed by atoms with Crippen molar-refractivity contribution in [3.63, 3.8) is 0 Å². The van der Waals surface area contributed by atoms with Crippen LogP contribution < -0.4 is 0 Å². The standard InChI is InChI=1S/C10H19O7P/c11-7-6(17-10(14)9(13)8(7)12)4-5-2-1-3-16-18(5)15/h5-15H,1-4H2/t5?,6?,7-,8?,9?,10+,18?/m1/s1. The minimum Gasteiger partial charge on any atom is -0.388 e. The van der Waals surface area contributed by atoms with Gasteiger partial charge < -0.3 is 34.6 Å². The van der Waals surface area contributed by atoms with E-state index in [2.05, 4.69) is 0 Å². The summed E-state index contributed by atoms with van der Waals surface area (Å²) in [5.74, 6) is 0. The Morgan fingerprint density at radius 1 is 1.06 bits per heavy atom. The van der Waals surface area contributed by atoms with E-state index in [1.165, 1.54) is 0 Å². The Morgan fingerprint density at radius 2 is 1.78 bits per heavy atom. The molecule has 0 spiro atoms. The van der Waals surface area contributed by atoms with Gasteiger partial charge in [-0.2, -0.15) is 0 Å². The number of hydrogen-bond acceptors (Lipinski definition) is 7. The summed E-state index contributed by atoms with van der Waals surface area (Å²) in [6.45, 7) is 0.525. The van der Waals surface area contributed by atoms with Gasteiger partial charge in [0.25, 0.3) is 0 Å². The SMILES string of the molecule is OC1C(O)[C@@H](O)OC(CC2CCCOP2O)[C@H]1O. The number of aliphatic hydroxyl groups excluding tert-OH is 4. The fourth-order valence-corrected chi connectivity index (χ4v) is 3.61. The van der Waals surface area contributed by atoms with Gasteiger partial charge in [-0.1, -0.05) is 0 Å². The van der Waals surface area contributed by atoms with Crippen LogP contribution in [0.1, 0.15) is 19.3 Å². The molecule has 0 aliphatic carbocycles. The van der Waals surface area contributed by atoms with E-state index >= 15 is 0 Å². The third kappa shape index (κ3) is 3.00. The van der Waals surface area contributed by atoms with Crippen molar-refractivity contribution >= 4 is 8.38 Å². The van der Waals surface area contributed by atoms with Crippen molar-refractivity contribution in [1.29, 1.82) is 0 Å². The van der Waals surface area contributed by atoms with E-state index in [-0.39, 0.29) is 12.1 Å². The fraction of sp³-hybridized carbons (Fsp3) is 1.00. The van der Waals surface area contributed by atoms with Crippen LogP contribution in [0.15, 0.2) is 0 Å². The summed E-state index contributed by atoms with van der Waals surface area (Å²) >= 11 is 0. The molecule has 0 bridgehead atoms. The van der Waals surface area contributed by atoms with Crippen LogP contribution in [0.4, 0.5) is 0 Å². The van der Waals surface area contributed by atoms with E-state index in [1.54, 1.807) is 0 Å². The molecule has 2 heterocycles. The van der Waals surface area contributed by atoms with Crippen LogP contribution in [0, 0.1) is 0 Å². The molecule has 2 aliphatic heterocycles. The molecule has 2 aliphatic rings. The highest BCUT2D eigenvalue weighted by Gasteiger charge is 2.44. The topological polar surface area (TPSA) is 120 Å². The zero-order valence-electron chi connectivity index (χ0n) is 9.79. The first-order valence-corrected chi connectivity index (χ1v) is 7.27. The lowest BCUT2D eigenvalue weighted by molar-refractivity contribution is -0.282. The number of ether oxygens (including phenoxy) is 1. The molecule has 0 saturated carbocycles. The van der Waals surface area contributed by atoms with E-state index in [0.29, 0.717) is 6.61 Å². The van der Waals surface area contributed by atoms with Crippen LogP contribution in [0.5, 0.6) is 0 Å². The maximum absolute atomic E-state index is 9.78. The van der Waals surface area contributed by atoms with Gasteiger partial charge in [0.15, 0.2) is 14.7 Å². The maximum atomic E-state index is 9.78. The summed E-state index contributed by atoms with van der Waals surface area (Å²) in [7, 11) is -1.56. The normalized spacial score (nSPS) is 50.2. The third-order valence-corrected chi connectivity index (χ3v) is 4.95. The summed E-state index contributed by atoms with van der Waals surface area (Å²) in [5.41, 5.74) is -0.150. The van der Waals surface area contributed by atoms with Crippen molar-refractivity contribution in [3.8, 4) is 0 Å². The fourth-order valence-electron chi connectivity index (χ4n) is 2.29. The van der Waals surface area contributed by atoms with E-state index < -0.39 is 39.1 Å². The van der Waals surface area contributed by atoms with Crippen LogP contribution in [-0.4, -0.2) is 68.3 Å². The molecule has 0 amide bonds. The second kappa shape index (κ2) is 6.07. The molecule has 2 rings (SSSR count). The molecule has 5 N–H and O–H groups in total. The largest absolute Gasteiger partial charge is 0.388 e. The Morgan fingerprint density at radius 3 is 2.44 bits per heavy atom. The van der Waals surface area contributed by atoms with Crippen molar-refractivity contribution < 1.29 is 34.6 Å². The Bertz CT molecular complexity index is 279. The van der Waals surface area contributed by atoms with E-state index in [0.717, 1.165) is 12.8 Å². The number of rotatable bonds is 2. The van der Waals surface area contributed by atoms with Crippen LogP contribution in [0.25, 0.3) is 0 Å². The van der Waals surface area contributed by atoms with Crippen molar-refractivity contribution in [2.24, 2.45) is 0 Å². The van der Waals surface area contributed by atoms with Gasteiger partial charge in [0.2, 0.25) is 0 Å². The highest BCUT2D eigenvalue weighted by Crippen LogP contribution is 2.46. The summed E-state index contributed by atoms with van der Waals surface area (Å²) in [4.78, 5) is 9.70. The zero-order valence-corrected chi connectivity index (χ0v) is 10.7. The van der Waals surface area contributed by atoms with E-state index in [1.807, 2.05) is 0 Å². The molecule has 8 heteroatoms. The second-order valence-corrected chi connectivity index (χ2v) is 6.30. The predicted octanol–water partition coefficient (Wildman–Crippen LogP) is -1.34. The van der Waals surface area contributed by atoms with Gasteiger partial charge in [0.1, 0.15) is 18.3 Å². The third-order valence-electron chi connectivity index (χ3n) is 3.41. The minimum atomic E-state index is -1.56. The first kappa shape index (κ1) is 14.6. The van der Waals surface area contributed by atoms with Crippen LogP contribution in [0.3, 0.4) is 0 Å². The Hall–Kier alpha value is 0.150. The van der Waals surface area contributed by atoms with Gasteiger partial charge in [0, 0.05) is 5.66 Å². The Labute approximate surface area is 106 Å². The lowest BCUT2D eigenvalue weighted by Gasteiger charge is -2.40. The van der Waals surface area contributed by atoms with E-state index in [9.17, 15) is 25.3 Å². The molecule has 0 aromatic rings. The quantitative estimate of drug-likeness (QED) is 0.398. The van der Waals surface area contributed by atoms with Crippen molar-refractivity contribution in [2.45, 2.75) is 55.6 Å². The van der Waals surface area contributed by atoms with Gasteiger partial charge in [-0.05, 0) is 19.3 Å². The Kier molecular flexibility index (Phi) is 4.91. The van der Waals surface area contributed by atoms with Crippen LogP contribution >= 0.6 is 8.38 Å². The predicted molar refractivity (Wildman–Crippen MR) is 61.6 cm³/mol. The van der Waals surface area contributed by atoms with E-state index in [4.69, 9.17) is 9.26 Å². The molecular formula is C10H19O7P. The number of hydrogen-bond donors (Lipinski definition) is 5. The maximum Gasteiger partial charge on any atom is 0.183 e. The summed E-state index contributed by atoms with van der Waals surface area (Å²) in [6.07, 6.45) is -4.74. The molecule has 5 unspecified atom stereocenters. The van der Waals surface area contributed by atoms with Crippen molar-refractivity contribution in [1.82, 2.24) is 0 Å². The zero-order chi connectivity index (χ0) is 13.3. The molecule has 7 nitrogen and oxygen atoms in total. The molecule has 0 radical (unpaired) electrons. The minimum absolute atomic E-state index is 0.150. The second-order valence-electron chi connectivity index (χ2n) is 4.70. The van der Waals surface area contributed by atoms with Gasteiger partial charge in [0.05, 0.1) is 12.7 Å². The first-order valence-electron chi connectivity index (χ1n) is 5.99. The van der Waals surface area contributed by atoms with Gasteiger partial charge >= 0.3 is 0 Å². The average molecular weight is 282 g/mol. The number of aliphatic hydroxyl groups is 4. The summed E-state index contributed by atoms with van der Waals surface area (Å²) in [6, 6.07) is 0. The van der Waals surface area contributed by atoms with Gasteiger partial charge in [-0.25, -0.2) is 0 Å². The van der Waals surface area contributed by atoms with Crippen LogP contribution in [0.2, 0.25) is 0 Å². The highest BCUT2D eigenvalue weighted by molar-refractivity contribution is 7.47. The van der Waals surface area contributed by atoms with Crippen LogP contribution in [-0.2, 0) is 9.26 Å². The monoisotopic (exact) mass is 282 g/mol. The lowest BCUT2D eigenvalue weighted by Crippen LogP contribution is -2.57. The average Bonchev–Trinajstić information content (AvgIpc) is 2.36. The van der Waals surface area contributed by atoms with Gasteiger partial charge in [-0.3, -0.25) is 0 Å². The molecule has 106 valence electrons. The molecule has 0 aromatic carbocycles.